The highest BCUT2D eigenvalue weighted by Gasteiger charge is 2.41. The van der Waals surface area contributed by atoms with Crippen molar-refractivity contribution in [1.82, 2.24) is 25.1 Å². The summed E-state index contributed by atoms with van der Waals surface area (Å²) in [7, 11) is 0. The van der Waals surface area contributed by atoms with Crippen LogP contribution in [0.4, 0.5) is 0 Å². The van der Waals surface area contributed by atoms with Crippen molar-refractivity contribution in [1.29, 1.82) is 0 Å². The molecule has 0 saturated carbocycles. The Hall–Kier alpha value is -2.88. The zero-order chi connectivity index (χ0) is 36.3. The minimum atomic E-state index is -0.746. The van der Waals surface area contributed by atoms with Gasteiger partial charge in [0.25, 0.3) is 12.4 Å². The molecular weight excluding hydrogens is 679 g/mol. The molecule has 2 aliphatic rings. The molecule has 0 bridgehead atoms. The first-order valence-corrected chi connectivity index (χ1v) is 19.5. The number of likely N-dealkylation sites (tertiary alicyclic amines) is 1. The molecule has 1 atom stereocenters. The second-order valence-electron chi connectivity index (χ2n) is 14.6. The summed E-state index contributed by atoms with van der Waals surface area (Å²) in [5, 5.41) is 33.9. The van der Waals surface area contributed by atoms with Crippen LogP contribution in [0, 0.1) is 5.41 Å². The predicted molar refractivity (Wildman–Crippen MR) is 199 cm³/mol. The first-order chi connectivity index (χ1) is 23.9. The highest BCUT2D eigenvalue weighted by molar-refractivity contribution is 7.16. The van der Waals surface area contributed by atoms with Crippen molar-refractivity contribution in [3.8, 4) is 5.75 Å². The molecule has 1 spiro atoms. The Kier molecular flexibility index (Phi) is 14.8. The fraction of sp³-hybridized carbons (Fsp3) is 0.667. The number of amides is 1. The fourth-order valence-electron chi connectivity index (χ4n) is 6.90. The van der Waals surface area contributed by atoms with E-state index in [0.29, 0.717) is 53.6 Å². The van der Waals surface area contributed by atoms with Gasteiger partial charge in [0.2, 0.25) is 0 Å². The average molecular weight is 734 g/mol. The molecule has 278 valence electrons. The number of aromatic amines is 1. The number of thiazole rings is 2. The Bertz CT molecular complexity index is 1580. The number of phenols is 1. The summed E-state index contributed by atoms with van der Waals surface area (Å²) in [6.07, 6.45) is 8.20. The molecule has 2 saturated heterocycles. The number of piperidine rings is 1. The molecule has 14 heteroatoms. The standard InChI is InChI=1S/C35H53N5O5S2.CH2O2/c1-24(2)31-37-26(22-46-31)32(43)40-19-20-45-35(23-40)13-17-39(18-14-35)16-7-5-6-11-34(3,4)12-8-15-36-21-28(42)25-9-10-27(41)29-30(25)47-33(44)38-29;2-1-3/h9-10,22,24,28,36,41-42H,5-8,11-21,23H2,1-4H3,(H,38,44);1H,(H,2,3)/t28-;/m0./s1. The van der Waals surface area contributed by atoms with Crippen molar-refractivity contribution in [3.63, 3.8) is 0 Å². The van der Waals surface area contributed by atoms with Crippen molar-refractivity contribution < 1.29 is 29.6 Å². The molecule has 50 heavy (non-hydrogen) atoms. The Morgan fingerprint density at radius 3 is 2.58 bits per heavy atom. The van der Waals surface area contributed by atoms with Crippen molar-refractivity contribution in [2.45, 2.75) is 96.7 Å². The molecular formula is C36H55N5O7S2. The summed E-state index contributed by atoms with van der Waals surface area (Å²) in [5.41, 5.74) is 1.68. The number of unbranched alkanes of at least 4 members (excludes halogenated alkanes) is 2. The van der Waals surface area contributed by atoms with Crippen molar-refractivity contribution in [2.24, 2.45) is 5.41 Å². The zero-order valence-corrected chi connectivity index (χ0v) is 31.5. The number of carbonyl (C=O) groups excluding carboxylic acids is 1. The summed E-state index contributed by atoms with van der Waals surface area (Å²) < 4.78 is 6.93. The maximum absolute atomic E-state index is 13.2. The summed E-state index contributed by atoms with van der Waals surface area (Å²) in [4.78, 5) is 44.8. The van der Waals surface area contributed by atoms with E-state index in [2.05, 4.69) is 47.9 Å². The summed E-state index contributed by atoms with van der Waals surface area (Å²) in [6, 6.07) is 3.21. The molecule has 0 unspecified atom stereocenters. The van der Waals surface area contributed by atoms with Crippen molar-refractivity contribution in [3.05, 3.63) is 43.4 Å². The number of carboxylic acid groups (broad SMARTS) is 1. The summed E-state index contributed by atoms with van der Waals surface area (Å²) >= 11 is 2.59. The second-order valence-corrected chi connectivity index (χ2v) is 16.5. The van der Waals surface area contributed by atoms with Crippen molar-refractivity contribution in [2.75, 3.05) is 52.4 Å². The second kappa shape index (κ2) is 18.6. The number of carbonyl (C=O) groups is 2. The molecule has 0 radical (unpaired) electrons. The lowest BCUT2D eigenvalue weighted by atomic mass is 9.82. The van der Waals surface area contributed by atoms with E-state index in [1.54, 1.807) is 17.4 Å². The number of aliphatic hydroxyl groups excluding tert-OH is 1. The van der Waals surface area contributed by atoms with Crippen LogP contribution in [-0.4, -0.2) is 105 Å². The Balaban J connectivity index is 0.00000181. The first kappa shape index (κ1) is 39.9. The van der Waals surface area contributed by atoms with Crippen LogP contribution < -0.4 is 10.2 Å². The molecule has 5 N–H and O–H groups in total. The number of morpholine rings is 1. The molecule has 1 aromatic carbocycles. The SMILES string of the molecule is CC(C)c1nc(C(=O)N2CCOC3(CCN(CCCCCC(C)(C)CCCNC[C@H](O)c4ccc(O)c5[nH]c(=O)sc45)CC3)C2)cs1.O=CO. The normalized spacial score (nSPS) is 17.2. The van der Waals surface area contributed by atoms with Gasteiger partial charge < -0.3 is 40.2 Å². The number of ether oxygens (including phenoxy) is 1. The van der Waals surface area contributed by atoms with E-state index in [1.807, 2.05) is 10.3 Å². The van der Waals surface area contributed by atoms with Gasteiger partial charge in [-0.05, 0) is 63.1 Å². The zero-order valence-electron chi connectivity index (χ0n) is 29.9. The van der Waals surface area contributed by atoms with Crippen LogP contribution in [-0.2, 0) is 9.53 Å². The van der Waals surface area contributed by atoms with Crippen molar-refractivity contribution >= 4 is 45.3 Å². The molecule has 0 aliphatic carbocycles. The number of benzene rings is 1. The van der Waals surface area contributed by atoms with E-state index in [0.717, 1.165) is 68.2 Å². The number of aromatic hydroxyl groups is 1. The largest absolute Gasteiger partial charge is 0.506 e. The number of nitrogens with zero attached hydrogens (tertiary/aromatic N) is 3. The number of rotatable bonds is 15. The number of H-pyrrole nitrogens is 1. The fourth-order valence-corrected chi connectivity index (χ4v) is 8.63. The third-order valence-corrected chi connectivity index (χ3v) is 11.9. The molecule has 1 amide bonds. The van der Waals surface area contributed by atoms with E-state index in [4.69, 9.17) is 14.6 Å². The van der Waals surface area contributed by atoms with Gasteiger partial charge in [0.15, 0.2) is 0 Å². The van der Waals surface area contributed by atoms with Gasteiger partial charge in [0.1, 0.15) is 17.0 Å². The number of phenolic OH excluding ortho intramolecular Hbond substituents is 1. The highest BCUT2D eigenvalue weighted by Crippen LogP contribution is 2.33. The van der Waals surface area contributed by atoms with Gasteiger partial charge in [-0.3, -0.25) is 14.4 Å². The monoisotopic (exact) mass is 733 g/mol. The minimum absolute atomic E-state index is 0.0222. The van der Waals surface area contributed by atoms with Crippen LogP contribution in [0.5, 0.6) is 5.75 Å². The number of aromatic nitrogens is 2. The van der Waals surface area contributed by atoms with Crippen LogP contribution in [0.25, 0.3) is 10.2 Å². The Morgan fingerprint density at radius 1 is 1.16 bits per heavy atom. The van der Waals surface area contributed by atoms with Crippen LogP contribution in [0.15, 0.2) is 22.3 Å². The Labute approximate surface area is 302 Å². The lowest BCUT2D eigenvalue weighted by Crippen LogP contribution is -2.58. The van der Waals surface area contributed by atoms with Gasteiger partial charge in [-0.2, -0.15) is 0 Å². The Morgan fingerprint density at radius 2 is 1.88 bits per heavy atom. The number of nitrogens with one attached hydrogen (secondary N) is 2. The topological polar surface area (TPSA) is 168 Å². The first-order valence-electron chi connectivity index (χ1n) is 17.8. The van der Waals surface area contributed by atoms with Crippen LogP contribution in [0.1, 0.15) is 112 Å². The van der Waals surface area contributed by atoms with E-state index in [-0.39, 0.29) is 34.0 Å². The molecule has 2 aliphatic heterocycles. The van der Waals surface area contributed by atoms with E-state index in [1.165, 1.54) is 31.7 Å². The van der Waals surface area contributed by atoms with Gasteiger partial charge in [-0.15, -0.1) is 11.3 Å². The van der Waals surface area contributed by atoms with Crippen LogP contribution in [0.3, 0.4) is 0 Å². The molecule has 3 aromatic rings. The lowest BCUT2D eigenvalue weighted by molar-refractivity contribution is -0.127. The maximum Gasteiger partial charge on any atom is 0.305 e. The quantitative estimate of drug-likeness (QED) is 0.0984. The summed E-state index contributed by atoms with van der Waals surface area (Å²) in [6.45, 7) is 15.0. The van der Waals surface area contributed by atoms with Gasteiger partial charge in [0, 0.05) is 43.0 Å². The third kappa shape index (κ3) is 11.1. The predicted octanol–water partition coefficient (Wildman–Crippen LogP) is 5.57. The van der Waals surface area contributed by atoms with Crippen LogP contribution >= 0.6 is 22.7 Å². The molecule has 2 fully saturated rings. The minimum Gasteiger partial charge on any atom is -0.506 e. The summed E-state index contributed by atoms with van der Waals surface area (Å²) in [5.74, 6) is 0.401. The smallest absolute Gasteiger partial charge is 0.305 e. The molecule has 2 aromatic heterocycles. The maximum atomic E-state index is 13.2. The van der Waals surface area contributed by atoms with Crippen LogP contribution in [0.2, 0.25) is 0 Å². The number of fused-ring (bicyclic) bond motifs is 1. The van der Waals surface area contributed by atoms with E-state index >= 15 is 0 Å². The highest BCUT2D eigenvalue weighted by atomic mass is 32.1. The van der Waals surface area contributed by atoms with Gasteiger partial charge in [0.05, 0.1) is 34.6 Å². The number of hydrogen-bond acceptors (Lipinski definition) is 11. The third-order valence-electron chi connectivity index (χ3n) is 9.86. The average Bonchev–Trinajstić information content (AvgIpc) is 3.73. The molecule has 12 nitrogen and oxygen atoms in total. The lowest BCUT2D eigenvalue weighted by Gasteiger charge is -2.47. The van der Waals surface area contributed by atoms with E-state index < -0.39 is 6.10 Å². The van der Waals surface area contributed by atoms with E-state index in [9.17, 15) is 19.8 Å². The van der Waals surface area contributed by atoms with Gasteiger partial charge in [-0.25, -0.2) is 4.98 Å². The van der Waals surface area contributed by atoms with Gasteiger partial charge >= 0.3 is 4.87 Å². The molecule has 5 rings (SSSR count). The molecule has 4 heterocycles. The number of hydrogen-bond donors (Lipinski definition) is 5. The van der Waals surface area contributed by atoms with Gasteiger partial charge in [-0.1, -0.05) is 57.9 Å². The number of aliphatic hydroxyl groups is 1.